The number of carboxylic acid groups (broad SMARTS) is 1. The molecule has 0 aliphatic carbocycles. The third-order valence-electron chi connectivity index (χ3n) is 3.80. The zero-order valence-corrected chi connectivity index (χ0v) is 11.8. The maximum Gasteiger partial charge on any atom is 0.335 e. The van der Waals surface area contributed by atoms with Crippen molar-refractivity contribution in [3.63, 3.8) is 0 Å². The standard InChI is InChI=1S/C16H21NO3/c1-2-4-15(18)17-8-7-13(11-17)9-12-5-3-6-14(10-12)16(19)20/h3,5-6,10,13H,2,4,7-9,11H2,1H3,(H,19,20). The molecule has 0 saturated carbocycles. The van der Waals surface area contributed by atoms with E-state index < -0.39 is 5.97 Å². The van der Waals surface area contributed by atoms with Crippen LogP contribution in [-0.4, -0.2) is 35.0 Å². The monoisotopic (exact) mass is 275 g/mol. The number of benzene rings is 1. The van der Waals surface area contributed by atoms with Crippen molar-refractivity contribution in [1.29, 1.82) is 0 Å². The van der Waals surface area contributed by atoms with Gasteiger partial charge in [0.25, 0.3) is 0 Å². The number of hydrogen-bond acceptors (Lipinski definition) is 2. The maximum atomic E-state index is 11.8. The summed E-state index contributed by atoms with van der Waals surface area (Å²) in [6.07, 6.45) is 3.37. The van der Waals surface area contributed by atoms with Crippen molar-refractivity contribution < 1.29 is 14.7 Å². The molecule has 1 saturated heterocycles. The molecule has 0 aromatic heterocycles. The summed E-state index contributed by atoms with van der Waals surface area (Å²) in [7, 11) is 0. The van der Waals surface area contributed by atoms with Crippen LogP contribution in [0.3, 0.4) is 0 Å². The van der Waals surface area contributed by atoms with Crippen LogP contribution in [0, 0.1) is 5.92 Å². The molecule has 1 fully saturated rings. The molecule has 1 aliphatic heterocycles. The highest BCUT2D eigenvalue weighted by Crippen LogP contribution is 2.22. The lowest BCUT2D eigenvalue weighted by molar-refractivity contribution is -0.130. The summed E-state index contributed by atoms with van der Waals surface area (Å²) in [4.78, 5) is 24.7. The zero-order chi connectivity index (χ0) is 14.5. The third kappa shape index (κ3) is 3.59. The number of carbonyl (C=O) groups is 2. The van der Waals surface area contributed by atoms with E-state index in [2.05, 4.69) is 0 Å². The Hall–Kier alpha value is -1.84. The molecule has 1 unspecified atom stereocenters. The van der Waals surface area contributed by atoms with Crippen LogP contribution in [0.1, 0.15) is 42.1 Å². The van der Waals surface area contributed by atoms with E-state index in [1.54, 1.807) is 18.2 Å². The van der Waals surface area contributed by atoms with Gasteiger partial charge < -0.3 is 10.0 Å². The number of aromatic carboxylic acids is 1. The average molecular weight is 275 g/mol. The van der Waals surface area contributed by atoms with Crippen LogP contribution in [0.25, 0.3) is 0 Å². The molecule has 4 heteroatoms. The fourth-order valence-corrected chi connectivity index (χ4v) is 2.76. The highest BCUT2D eigenvalue weighted by atomic mass is 16.4. The molecule has 4 nitrogen and oxygen atoms in total. The summed E-state index contributed by atoms with van der Waals surface area (Å²) in [5, 5.41) is 8.99. The SMILES string of the molecule is CCCC(=O)N1CCC(Cc2cccc(C(=O)O)c2)C1. The summed E-state index contributed by atoms with van der Waals surface area (Å²) in [5.41, 5.74) is 1.37. The third-order valence-corrected chi connectivity index (χ3v) is 3.80. The summed E-state index contributed by atoms with van der Waals surface area (Å²) in [6, 6.07) is 7.09. The molecule has 108 valence electrons. The highest BCUT2D eigenvalue weighted by Gasteiger charge is 2.25. The predicted octanol–water partition coefficient (Wildman–Crippen LogP) is 2.58. The molecule has 0 bridgehead atoms. The summed E-state index contributed by atoms with van der Waals surface area (Å²) in [6.45, 7) is 3.65. The molecule has 20 heavy (non-hydrogen) atoms. The molecule has 1 aliphatic rings. The first-order chi connectivity index (χ1) is 9.60. The van der Waals surface area contributed by atoms with Crippen LogP contribution >= 0.6 is 0 Å². The second-order valence-electron chi connectivity index (χ2n) is 5.45. The van der Waals surface area contributed by atoms with Crippen LogP contribution < -0.4 is 0 Å². The Balaban J connectivity index is 1.93. The van der Waals surface area contributed by atoms with E-state index in [1.165, 1.54) is 0 Å². The lowest BCUT2D eigenvalue weighted by Gasteiger charge is -2.16. The van der Waals surface area contributed by atoms with Gasteiger partial charge in [-0.2, -0.15) is 0 Å². The van der Waals surface area contributed by atoms with Gasteiger partial charge in [0.05, 0.1) is 5.56 Å². The van der Waals surface area contributed by atoms with Gasteiger partial charge in [-0.25, -0.2) is 4.79 Å². The molecule has 0 spiro atoms. The molecule has 1 aromatic carbocycles. The summed E-state index contributed by atoms with van der Waals surface area (Å²) < 4.78 is 0. The smallest absolute Gasteiger partial charge is 0.335 e. The fraction of sp³-hybridized carbons (Fsp3) is 0.500. The van der Waals surface area contributed by atoms with Crippen molar-refractivity contribution in [3.05, 3.63) is 35.4 Å². The van der Waals surface area contributed by atoms with Crippen molar-refractivity contribution in [1.82, 2.24) is 4.90 Å². The first kappa shape index (κ1) is 14.6. The summed E-state index contributed by atoms with van der Waals surface area (Å²) in [5.74, 6) is -0.202. The van der Waals surface area contributed by atoms with Gasteiger partial charge in [0.15, 0.2) is 0 Å². The number of likely N-dealkylation sites (tertiary alicyclic amines) is 1. The Morgan fingerprint density at radius 1 is 1.40 bits per heavy atom. The minimum absolute atomic E-state index is 0.245. The molecule has 0 radical (unpaired) electrons. The molecule has 1 atom stereocenters. The number of carboxylic acids is 1. The molecular formula is C16H21NO3. The van der Waals surface area contributed by atoms with Gasteiger partial charge in [0.2, 0.25) is 5.91 Å². The van der Waals surface area contributed by atoms with Crippen LogP contribution in [0.15, 0.2) is 24.3 Å². The minimum atomic E-state index is -0.891. The Morgan fingerprint density at radius 2 is 2.20 bits per heavy atom. The van der Waals surface area contributed by atoms with Gasteiger partial charge in [-0.15, -0.1) is 0 Å². The van der Waals surface area contributed by atoms with Gasteiger partial charge in [-0.3, -0.25) is 4.79 Å². The minimum Gasteiger partial charge on any atom is -0.478 e. The van der Waals surface area contributed by atoms with E-state index in [0.29, 0.717) is 17.9 Å². The number of rotatable bonds is 5. The highest BCUT2D eigenvalue weighted by molar-refractivity contribution is 5.87. The first-order valence-corrected chi connectivity index (χ1v) is 7.20. The topological polar surface area (TPSA) is 57.6 Å². The fourth-order valence-electron chi connectivity index (χ4n) is 2.76. The second-order valence-corrected chi connectivity index (χ2v) is 5.45. The van der Waals surface area contributed by atoms with E-state index in [1.807, 2.05) is 17.9 Å². The van der Waals surface area contributed by atoms with E-state index >= 15 is 0 Å². The molecule has 2 rings (SSSR count). The second kappa shape index (κ2) is 6.55. The largest absolute Gasteiger partial charge is 0.478 e. The van der Waals surface area contributed by atoms with Crippen molar-refractivity contribution in [2.45, 2.75) is 32.6 Å². The number of amides is 1. The number of carbonyl (C=O) groups excluding carboxylic acids is 1. The Bertz CT molecular complexity index is 498. The van der Waals surface area contributed by atoms with Crippen molar-refractivity contribution >= 4 is 11.9 Å². The van der Waals surface area contributed by atoms with Crippen LogP contribution in [0.5, 0.6) is 0 Å². The number of nitrogens with zero attached hydrogens (tertiary/aromatic N) is 1. The Labute approximate surface area is 119 Å². The maximum absolute atomic E-state index is 11.8. The number of hydrogen-bond donors (Lipinski definition) is 1. The van der Waals surface area contributed by atoms with Crippen LogP contribution in [-0.2, 0) is 11.2 Å². The first-order valence-electron chi connectivity index (χ1n) is 7.20. The normalized spacial score (nSPS) is 18.2. The van der Waals surface area contributed by atoms with Gasteiger partial charge in [-0.1, -0.05) is 19.1 Å². The van der Waals surface area contributed by atoms with E-state index in [-0.39, 0.29) is 5.91 Å². The van der Waals surface area contributed by atoms with Crippen LogP contribution in [0.4, 0.5) is 0 Å². The molecule has 1 N–H and O–H groups in total. The average Bonchev–Trinajstić information content (AvgIpc) is 2.88. The van der Waals surface area contributed by atoms with E-state index in [0.717, 1.165) is 37.9 Å². The Morgan fingerprint density at radius 3 is 2.90 bits per heavy atom. The van der Waals surface area contributed by atoms with Crippen molar-refractivity contribution in [2.75, 3.05) is 13.1 Å². The van der Waals surface area contributed by atoms with Gasteiger partial charge in [0.1, 0.15) is 0 Å². The van der Waals surface area contributed by atoms with Crippen LogP contribution in [0.2, 0.25) is 0 Å². The van der Waals surface area contributed by atoms with Gasteiger partial charge in [0, 0.05) is 19.5 Å². The lowest BCUT2D eigenvalue weighted by Crippen LogP contribution is -2.28. The Kier molecular flexibility index (Phi) is 4.77. The molecule has 1 aromatic rings. The van der Waals surface area contributed by atoms with Crippen molar-refractivity contribution in [3.8, 4) is 0 Å². The molecular weight excluding hydrogens is 254 g/mol. The van der Waals surface area contributed by atoms with E-state index in [9.17, 15) is 9.59 Å². The van der Waals surface area contributed by atoms with Crippen molar-refractivity contribution in [2.24, 2.45) is 5.92 Å². The predicted molar refractivity (Wildman–Crippen MR) is 76.7 cm³/mol. The summed E-state index contributed by atoms with van der Waals surface area (Å²) >= 11 is 0. The quantitative estimate of drug-likeness (QED) is 0.898. The molecule has 1 amide bonds. The van der Waals surface area contributed by atoms with Gasteiger partial charge in [-0.05, 0) is 42.9 Å². The van der Waals surface area contributed by atoms with E-state index in [4.69, 9.17) is 5.11 Å². The zero-order valence-electron chi connectivity index (χ0n) is 11.8. The van der Waals surface area contributed by atoms with Gasteiger partial charge >= 0.3 is 5.97 Å². The molecule has 1 heterocycles. The lowest BCUT2D eigenvalue weighted by atomic mass is 9.97.